The van der Waals surface area contributed by atoms with Crippen LogP contribution in [0.5, 0.6) is 0 Å². The molecule has 17 heavy (non-hydrogen) atoms. The first kappa shape index (κ1) is 13.2. The lowest BCUT2D eigenvalue weighted by atomic mass is 10.0. The van der Waals surface area contributed by atoms with Crippen molar-refractivity contribution in [2.75, 3.05) is 13.7 Å². The summed E-state index contributed by atoms with van der Waals surface area (Å²) in [7, 11) is 1.34. The van der Waals surface area contributed by atoms with Crippen molar-refractivity contribution in [1.82, 2.24) is 0 Å². The highest BCUT2D eigenvalue weighted by molar-refractivity contribution is 5.89. The van der Waals surface area contributed by atoms with Crippen LogP contribution >= 0.6 is 0 Å². The summed E-state index contributed by atoms with van der Waals surface area (Å²) in [6, 6.07) is 5.10. The van der Waals surface area contributed by atoms with Gasteiger partial charge in [0.25, 0.3) is 0 Å². The molecule has 0 aliphatic rings. The van der Waals surface area contributed by atoms with Crippen molar-refractivity contribution in [1.29, 1.82) is 0 Å². The number of methoxy groups -OCH3 is 1. The molecule has 0 heterocycles. The van der Waals surface area contributed by atoms with Gasteiger partial charge in [-0.2, -0.15) is 0 Å². The Labute approximate surface area is 101 Å². The summed E-state index contributed by atoms with van der Waals surface area (Å²) >= 11 is 0. The average Bonchev–Trinajstić information content (AvgIpc) is 2.31. The van der Waals surface area contributed by atoms with E-state index in [1.165, 1.54) is 7.11 Å². The van der Waals surface area contributed by atoms with Gasteiger partial charge in [-0.1, -0.05) is 6.07 Å². The van der Waals surface area contributed by atoms with Gasteiger partial charge < -0.3 is 9.47 Å². The zero-order valence-electron chi connectivity index (χ0n) is 10.3. The minimum absolute atomic E-state index is 0.223. The summed E-state index contributed by atoms with van der Waals surface area (Å²) in [4.78, 5) is 22.6. The number of rotatable bonds is 4. The van der Waals surface area contributed by atoms with Crippen LogP contribution in [0.2, 0.25) is 0 Å². The van der Waals surface area contributed by atoms with Crippen molar-refractivity contribution >= 4 is 11.9 Å². The minimum Gasteiger partial charge on any atom is -0.466 e. The van der Waals surface area contributed by atoms with Gasteiger partial charge in [0.05, 0.1) is 25.7 Å². The lowest BCUT2D eigenvalue weighted by Crippen LogP contribution is -2.09. The number of carbonyl (C=O) groups excluding carboxylic acids is 2. The van der Waals surface area contributed by atoms with E-state index >= 15 is 0 Å². The predicted octanol–water partition coefficient (Wildman–Crippen LogP) is 1.89. The average molecular weight is 236 g/mol. The predicted molar refractivity (Wildman–Crippen MR) is 62.9 cm³/mol. The van der Waals surface area contributed by atoms with E-state index in [9.17, 15) is 9.59 Å². The maximum atomic E-state index is 11.3. The monoisotopic (exact) mass is 236 g/mol. The largest absolute Gasteiger partial charge is 0.466 e. The van der Waals surface area contributed by atoms with E-state index in [0.29, 0.717) is 12.2 Å². The van der Waals surface area contributed by atoms with Gasteiger partial charge in [-0.25, -0.2) is 4.79 Å². The first-order valence-corrected chi connectivity index (χ1v) is 5.42. The van der Waals surface area contributed by atoms with Crippen molar-refractivity contribution < 1.29 is 19.1 Å². The van der Waals surface area contributed by atoms with Crippen molar-refractivity contribution in [3.8, 4) is 0 Å². The molecule has 0 saturated carbocycles. The molecule has 0 atom stereocenters. The Balaban J connectivity index is 2.83. The Morgan fingerprint density at radius 1 is 1.29 bits per heavy atom. The zero-order valence-corrected chi connectivity index (χ0v) is 10.3. The standard InChI is InChI=1S/C13H16O4/c1-4-17-12(14)8-10-5-6-11(7-9(10)2)13(15)16-3/h5-7H,4,8H2,1-3H3. The zero-order chi connectivity index (χ0) is 12.8. The molecule has 0 aromatic heterocycles. The SMILES string of the molecule is CCOC(=O)Cc1ccc(C(=O)OC)cc1C. The van der Waals surface area contributed by atoms with E-state index in [1.807, 2.05) is 6.92 Å². The smallest absolute Gasteiger partial charge is 0.337 e. The molecule has 0 unspecified atom stereocenters. The van der Waals surface area contributed by atoms with E-state index in [1.54, 1.807) is 25.1 Å². The first-order chi connectivity index (χ1) is 8.08. The Hall–Kier alpha value is -1.84. The molecule has 0 amide bonds. The molecule has 1 aromatic rings. The molecule has 0 aliphatic heterocycles. The van der Waals surface area contributed by atoms with E-state index in [4.69, 9.17) is 4.74 Å². The molecule has 0 bridgehead atoms. The van der Waals surface area contributed by atoms with Gasteiger partial charge in [0.15, 0.2) is 0 Å². The van der Waals surface area contributed by atoms with E-state index < -0.39 is 0 Å². The van der Waals surface area contributed by atoms with Crippen LogP contribution in [0.25, 0.3) is 0 Å². The molecule has 92 valence electrons. The second kappa shape index (κ2) is 6.03. The molecule has 0 fully saturated rings. The topological polar surface area (TPSA) is 52.6 Å². The molecule has 1 rings (SSSR count). The summed E-state index contributed by atoms with van der Waals surface area (Å²) in [6.07, 6.45) is 0.223. The molecule has 1 aromatic carbocycles. The van der Waals surface area contributed by atoms with Crippen LogP contribution in [-0.2, 0) is 20.7 Å². The molecule has 0 N–H and O–H groups in total. The fraction of sp³-hybridized carbons (Fsp3) is 0.385. The quantitative estimate of drug-likeness (QED) is 0.749. The summed E-state index contributed by atoms with van der Waals surface area (Å²) in [5.74, 6) is -0.641. The fourth-order valence-corrected chi connectivity index (χ4v) is 1.51. The van der Waals surface area contributed by atoms with Crippen molar-refractivity contribution in [2.45, 2.75) is 20.3 Å². The van der Waals surface area contributed by atoms with Crippen LogP contribution < -0.4 is 0 Å². The highest BCUT2D eigenvalue weighted by Gasteiger charge is 2.10. The first-order valence-electron chi connectivity index (χ1n) is 5.42. The number of benzene rings is 1. The minimum atomic E-state index is -0.379. The number of carbonyl (C=O) groups is 2. The third-order valence-electron chi connectivity index (χ3n) is 2.40. The van der Waals surface area contributed by atoms with Crippen LogP contribution in [0.3, 0.4) is 0 Å². The van der Waals surface area contributed by atoms with Crippen LogP contribution in [0, 0.1) is 6.92 Å². The Bertz CT molecular complexity index is 423. The lowest BCUT2D eigenvalue weighted by molar-refractivity contribution is -0.142. The van der Waals surface area contributed by atoms with E-state index in [2.05, 4.69) is 4.74 Å². The van der Waals surface area contributed by atoms with Crippen molar-refractivity contribution in [2.24, 2.45) is 0 Å². The second-order valence-electron chi connectivity index (χ2n) is 3.61. The molecule has 0 radical (unpaired) electrons. The summed E-state index contributed by atoms with van der Waals surface area (Å²) in [6.45, 7) is 3.99. The van der Waals surface area contributed by atoms with Crippen LogP contribution in [0.1, 0.15) is 28.4 Å². The molecule has 4 heteroatoms. The highest BCUT2D eigenvalue weighted by Crippen LogP contribution is 2.13. The molecular weight excluding hydrogens is 220 g/mol. The van der Waals surface area contributed by atoms with Crippen molar-refractivity contribution in [3.05, 3.63) is 34.9 Å². The maximum Gasteiger partial charge on any atom is 0.337 e. The van der Waals surface area contributed by atoms with Crippen LogP contribution in [0.15, 0.2) is 18.2 Å². The van der Waals surface area contributed by atoms with Crippen LogP contribution in [0.4, 0.5) is 0 Å². The number of ether oxygens (including phenoxy) is 2. The maximum absolute atomic E-state index is 11.3. The number of hydrogen-bond acceptors (Lipinski definition) is 4. The molecule has 0 spiro atoms. The Morgan fingerprint density at radius 3 is 2.53 bits per heavy atom. The molecular formula is C13H16O4. The van der Waals surface area contributed by atoms with Crippen molar-refractivity contribution in [3.63, 3.8) is 0 Å². The molecule has 0 saturated heterocycles. The summed E-state index contributed by atoms with van der Waals surface area (Å²) in [5, 5.41) is 0. The number of hydrogen-bond donors (Lipinski definition) is 0. The molecule has 0 aliphatic carbocycles. The normalized spacial score (nSPS) is 9.82. The summed E-state index contributed by atoms with van der Waals surface area (Å²) in [5.41, 5.74) is 2.22. The Kier molecular flexibility index (Phi) is 4.69. The van der Waals surface area contributed by atoms with E-state index in [0.717, 1.165) is 11.1 Å². The van der Waals surface area contributed by atoms with Gasteiger partial charge in [0.2, 0.25) is 0 Å². The van der Waals surface area contributed by atoms with Gasteiger partial charge >= 0.3 is 11.9 Å². The second-order valence-corrected chi connectivity index (χ2v) is 3.61. The highest BCUT2D eigenvalue weighted by atomic mass is 16.5. The van der Waals surface area contributed by atoms with Crippen LogP contribution in [-0.4, -0.2) is 25.7 Å². The van der Waals surface area contributed by atoms with Gasteiger partial charge in [-0.3, -0.25) is 4.79 Å². The van der Waals surface area contributed by atoms with Gasteiger partial charge in [0.1, 0.15) is 0 Å². The third kappa shape index (κ3) is 3.59. The number of esters is 2. The Morgan fingerprint density at radius 2 is 2.00 bits per heavy atom. The third-order valence-corrected chi connectivity index (χ3v) is 2.40. The van der Waals surface area contributed by atoms with Gasteiger partial charge in [0, 0.05) is 0 Å². The van der Waals surface area contributed by atoms with Gasteiger partial charge in [-0.05, 0) is 37.1 Å². The fourth-order valence-electron chi connectivity index (χ4n) is 1.51. The molecule has 4 nitrogen and oxygen atoms in total. The summed E-state index contributed by atoms with van der Waals surface area (Å²) < 4.78 is 9.49. The number of aryl methyl sites for hydroxylation is 1. The van der Waals surface area contributed by atoms with Gasteiger partial charge in [-0.15, -0.1) is 0 Å². The van der Waals surface area contributed by atoms with E-state index in [-0.39, 0.29) is 18.4 Å². The lowest BCUT2D eigenvalue weighted by Gasteiger charge is -2.07.